The Kier molecular flexibility index (Phi) is 6.83. The second kappa shape index (κ2) is 7.90. The SMILES string of the molecule is CC(Cl)(Cl)CC(=O)Nc1cccc(NC(=O)C(F)(F)C(F)(F)C(F)(F)F)c1F. The highest BCUT2D eigenvalue weighted by Gasteiger charge is 2.76. The van der Waals surface area contributed by atoms with Gasteiger partial charge in [0.1, 0.15) is 4.33 Å². The molecule has 1 aromatic rings. The molecule has 0 aromatic heterocycles. The molecule has 1 aromatic carbocycles. The van der Waals surface area contributed by atoms with Crippen molar-refractivity contribution in [2.75, 3.05) is 10.6 Å². The van der Waals surface area contributed by atoms with Crippen LogP contribution in [0.25, 0.3) is 0 Å². The lowest BCUT2D eigenvalue weighted by Crippen LogP contribution is -2.57. The summed E-state index contributed by atoms with van der Waals surface area (Å²) >= 11 is 11.1. The second-order valence-electron chi connectivity index (χ2n) is 5.56. The van der Waals surface area contributed by atoms with Crippen LogP contribution in [-0.2, 0) is 9.59 Å². The van der Waals surface area contributed by atoms with E-state index in [0.717, 1.165) is 17.4 Å². The Bertz CT molecular complexity index is 763. The molecule has 0 bridgehead atoms. The van der Waals surface area contributed by atoms with Crippen molar-refractivity contribution in [1.29, 1.82) is 0 Å². The van der Waals surface area contributed by atoms with Crippen LogP contribution >= 0.6 is 23.2 Å². The van der Waals surface area contributed by atoms with Crippen molar-refractivity contribution in [2.24, 2.45) is 0 Å². The molecule has 2 amide bonds. The van der Waals surface area contributed by atoms with Crippen LogP contribution in [-0.4, -0.2) is 34.2 Å². The van der Waals surface area contributed by atoms with Gasteiger partial charge in [-0.3, -0.25) is 9.59 Å². The molecule has 14 heteroatoms. The van der Waals surface area contributed by atoms with E-state index < -0.39 is 57.8 Å². The van der Waals surface area contributed by atoms with Crippen LogP contribution in [0.4, 0.5) is 46.5 Å². The monoisotopic (exact) mass is 460 g/mol. The number of amides is 2. The fourth-order valence-electron chi connectivity index (χ4n) is 1.72. The molecule has 158 valence electrons. The van der Waals surface area contributed by atoms with Crippen molar-refractivity contribution < 1.29 is 44.7 Å². The van der Waals surface area contributed by atoms with Gasteiger partial charge in [-0.2, -0.15) is 30.7 Å². The van der Waals surface area contributed by atoms with Gasteiger partial charge in [-0.05, 0) is 19.1 Å². The van der Waals surface area contributed by atoms with Gasteiger partial charge in [-0.15, -0.1) is 23.2 Å². The molecule has 0 atom stereocenters. The average Bonchev–Trinajstić information content (AvgIpc) is 2.47. The molecule has 0 fully saturated rings. The standard InChI is InChI=1S/C14H10Cl2F8N2O2/c1-11(15,16)5-8(27)25-6-3-2-4-7(9(6)17)26-10(28)12(18,19)13(20,21)14(22,23)24/h2-4H,5H2,1H3,(H,25,27)(H,26,28). The average molecular weight is 461 g/mol. The number of carbonyl (C=O) groups excluding carboxylic acids is 2. The van der Waals surface area contributed by atoms with E-state index in [-0.39, 0.29) is 0 Å². The van der Waals surface area contributed by atoms with Crippen LogP contribution in [0, 0.1) is 5.82 Å². The van der Waals surface area contributed by atoms with Crippen molar-refractivity contribution >= 4 is 46.4 Å². The van der Waals surface area contributed by atoms with Crippen molar-refractivity contribution in [1.82, 2.24) is 0 Å². The van der Waals surface area contributed by atoms with Gasteiger partial charge in [0.15, 0.2) is 5.82 Å². The first kappa shape index (κ1) is 24.2. The Labute approximate surface area is 162 Å². The van der Waals surface area contributed by atoms with Gasteiger partial charge >= 0.3 is 23.9 Å². The molecule has 0 unspecified atom stereocenters. The number of benzene rings is 1. The zero-order chi connectivity index (χ0) is 22.1. The maximum Gasteiger partial charge on any atom is 0.460 e. The van der Waals surface area contributed by atoms with Crippen molar-refractivity contribution in [2.45, 2.75) is 35.7 Å². The van der Waals surface area contributed by atoms with Crippen LogP contribution < -0.4 is 10.6 Å². The molecule has 0 saturated carbocycles. The number of carbonyl (C=O) groups is 2. The van der Waals surface area contributed by atoms with Gasteiger partial charge in [0.05, 0.1) is 17.8 Å². The lowest BCUT2D eigenvalue weighted by Gasteiger charge is -2.27. The molecule has 0 aliphatic heterocycles. The van der Waals surface area contributed by atoms with Crippen molar-refractivity contribution in [3.8, 4) is 0 Å². The number of rotatable bonds is 6. The van der Waals surface area contributed by atoms with Gasteiger partial charge in [-0.25, -0.2) is 4.39 Å². The molecule has 28 heavy (non-hydrogen) atoms. The molecular formula is C14H10Cl2F8N2O2. The van der Waals surface area contributed by atoms with E-state index in [0.29, 0.717) is 6.07 Å². The van der Waals surface area contributed by atoms with E-state index in [4.69, 9.17) is 23.2 Å². The summed E-state index contributed by atoms with van der Waals surface area (Å²) in [4.78, 5) is 22.9. The van der Waals surface area contributed by atoms with E-state index in [1.807, 2.05) is 5.32 Å². The van der Waals surface area contributed by atoms with Crippen LogP contribution in [0.5, 0.6) is 0 Å². The minimum Gasteiger partial charge on any atom is -0.323 e. The summed E-state index contributed by atoms with van der Waals surface area (Å²) in [5.74, 6) is -18.6. The Morgan fingerprint density at radius 2 is 1.43 bits per heavy atom. The lowest BCUT2D eigenvalue weighted by molar-refractivity contribution is -0.343. The number of anilines is 2. The Hall–Kier alpha value is -1.82. The van der Waals surface area contributed by atoms with Gasteiger partial charge in [0.2, 0.25) is 5.91 Å². The first-order valence-corrected chi connectivity index (χ1v) is 7.76. The minimum absolute atomic E-state index is 0.540. The van der Waals surface area contributed by atoms with Crippen LogP contribution in [0.3, 0.4) is 0 Å². The number of hydrogen-bond donors (Lipinski definition) is 2. The minimum atomic E-state index is -6.74. The van der Waals surface area contributed by atoms with Gasteiger partial charge in [-0.1, -0.05) is 6.07 Å². The summed E-state index contributed by atoms with van der Waals surface area (Å²) in [7, 11) is 0. The third-order valence-corrected chi connectivity index (χ3v) is 3.29. The van der Waals surface area contributed by atoms with E-state index >= 15 is 0 Å². The molecule has 0 aliphatic carbocycles. The molecule has 0 saturated heterocycles. The molecule has 0 spiro atoms. The highest BCUT2D eigenvalue weighted by atomic mass is 35.5. The quantitative estimate of drug-likeness (QED) is 0.457. The van der Waals surface area contributed by atoms with Crippen molar-refractivity contribution in [3.05, 3.63) is 24.0 Å². The maximum absolute atomic E-state index is 14.2. The normalized spacial score (nSPS) is 13.2. The van der Waals surface area contributed by atoms with Crippen LogP contribution in [0.1, 0.15) is 13.3 Å². The van der Waals surface area contributed by atoms with Gasteiger partial charge < -0.3 is 10.6 Å². The number of halogens is 10. The van der Waals surface area contributed by atoms with E-state index in [1.165, 1.54) is 6.92 Å². The first-order chi connectivity index (χ1) is 12.4. The second-order valence-corrected chi connectivity index (χ2v) is 7.42. The highest BCUT2D eigenvalue weighted by Crippen LogP contribution is 2.47. The molecule has 0 heterocycles. The third kappa shape index (κ3) is 5.37. The fourth-order valence-corrected chi connectivity index (χ4v) is 1.97. The number of nitrogens with one attached hydrogen (secondary N) is 2. The molecule has 0 radical (unpaired) electrons. The van der Waals surface area contributed by atoms with Crippen LogP contribution in [0.15, 0.2) is 18.2 Å². The molecule has 4 nitrogen and oxygen atoms in total. The predicted octanol–water partition coefficient (Wildman–Crippen LogP) is 5.12. The third-order valence-electron chi connectivity index (χ3n) is 3.03. The van der Waals surface area contributed by atoms with Crippen molar-refractivity contribution in [3.63, 3.8) is 0 Å². The predicted molar refractivity (Wildman–Crippen MR) is 84.3 cm³/mol. The molecular weight excluding hydrogens is 451 g/mol. The van der Waals surface area contributed by atoms with Crippen LogP contribution in [0.2, 0.25) is 0 Å². The topological polar surface area (TPSA) is 58.2 Å². The molecule has 1 rings (SSSR count). The lowest BCUT2D eigenvalue weighted by atomic mass is 10.1. The zero-order valence-electron chi connectivity index (χ0n) is 13.5. The van der Waals surface area contributed by atoms with E-state index in [9.17, 15) is 44.7 Å². The highest BCUT2D eigenvalue weighted by molar-refractivity contribution is 6.49. The first-order valence-electron chi connectivity index (χ1n) is 7.00. The summed E-state index contributed by atoms with van der Waals surface area (Å²) in [6.45, 7) is 1.23. The Balaban J connectivity index is 3.08. The fraction of sp³-hybridized carbons (Fsp3) is 0.429. The summed E-state index contributed by atoms with van der Waals surface area (Å²) in [6.07, 6.45) is -7.28. The smallest absolute Gasteiger partial charge is 0.323 e. The molecule has 2 N–H and O–H groups in total. The van der Waals surface area contributed by atoms with E-state index in [2.05, 4.69) is 0 Å². The zero-order valence-corrected chi connectivity index (χ0v) is 15.0. The summed E-state index contributed by atoms with van der Waals surface area (Å²) in [5.41, 5.74) is -1.88. The summed E-state index contributed by atoms with van der Waals surface area (Å²) < 4.78 is 101. The Morgan fingerprint density at radius 1 is 0.964 bits per heavy atom. The summed E-state index contributed by atoms with van der Waals surface area (Å²) in [5, 5.41) is 2.87. The maximum atomic E-state index is 14.2. The Morgan fingerprint density at radius 3 is 1.86 bits per heavy atom. The molecule has 0 aliphatic rings. The van der Waals surface area contributed by atoms with Gasteiger partial charge in [0.25, 0.3) is 0 Å². The van der Waals surface area contributed by atoms with Gasteiger partial charge in [0, 0.05) is 0 Å². The number of alkyl halides is 9. The number of hydrogen-bond acceptors (Lipinski definition) is 2. The largest absolute Gasteiger partial charge is 0.460 e. The summed E-state index contributed by atoms with van der Waals surface area (Å²) in [6, 6.07) is 2.39. The van der Waals surface area contributed by atoms with E-state index in [1.54, 1.807) is 0 Å².